The van der Waals surface area contributed by atoms with Gasteiger partial charge in [0.1, 0.15) is 0 Å². The van der Waals surface area contributed by atoms with Gasteiger partial charge in [-0.25, -0.2) is 10.2 Å². The van der Waals surface area contributed by atoms with Crippen LogP contribution in [0.2, 0.25) is 0 Å². The van der Waals surface area contributed by atoms with Crippen LogP contribution in [0, 0.1) is 0 Å². The highest BCUT2D eigenvalue weighted by Gasteiger charge is 2.04. The predicted molar refractivity (Wildman–Crippen MR) is 39.8 cm³/mol. The Kier molecular flexibility index (Phi) is 5.50. The molecule has 0 aromatic rings. The van der Waals surface area contributed by atoms with E-state index in [-0.39, 0.29) is 12.6 Å². The van der Waals surface area contributed by atoms with E-state index in [1.54, 1.807) is 0 Å². The van der Waals surface area contributed by atoms with Gasteiger partial charge in [-0.1, -0.05) is 6.92 Å². The summed E-state index contributed by atoms with van der Waals surface area (Å²) in [7, 11) is 1.27. The molecule has 1 atom stereocenters. The van der Waals surface area contributed by atoms with E-state index in [0.717, 1.165) is 6.42 Å². The van der Waals surface area contributed by atoms with E-state index in [1.165, 1.54) is 7.11 Å². The molecule has 0 bridgehead atoms. The summed E-state index contributed by atoms with van der Waals surface area (Å²) < 4.78 is 4.30. The van der Waals surface area contributed by atoms with Crippen LogP contribution < -0.4 is 10.9 Å². The summed E-state index contributed by atoms with van der Waals surface area (Å²) >= 11 is 0. The van der Waals surface area contributed by atoms with E-state index in [2.05, 4.69) is 15.6 Å². The van der Waals surface area contributed by atoms with Gasteiger partial charge in [0.2, 0.25) is 0 Å². The van der Waals surface area contributed by atoms with Gasteiger partial charge < -0.3 is 9.84 Å². The third-order valence-corrected chi connectivity index (χ3v) is 1.28. The first-order valence-corrected chi connectivity index (χ1v) is 3.45. The molecule has 0 rings (SSSR count). The molecular weight excluding hydrogens is 148 g/mol. The van der Waals surface area contributed by atoms with Gasteiger partial charge in [0.15, 0.2) is 0 Å². The number of methoxy groups -OCH3 is 1. The van der Waals surface area contributed by atoms with Crippen molar-refractivity contribution in [1.82, 2.24) is 10.9 Å². The zero-order chi connectivity index (χ0) is 8.69. The van der Waals surface area contributed by atoms with E-state index < -0.39 is 6.09 Å². The van der Waals surface area contributed by atoms with Gasteiger partial charge in [-0.15, -0.1) is 0 Å². The van der Waals surface area contributed by atoms with Crippen LogP contribution >= 0.6 is 0 Å². The second kappa shape index (κ2) is 5.94. The number of carbonyl (C=O) groups is 1. The van der Waals surface area contributed by atoms with Gasteiger partial charge in [-0.2, -0.15) is 0 Å². The molecule has 0 aromatic heterocycles. The van der Waals surface area contributed by atoms with Crippen LogP contribution in [-0.4, -0.2) is 31.0 Å². The van der Waals surface area contributed by atoms with Gasteiger partial charge in [0, 0.05) is 6.04 Å². The molecule has 0 fully saturated rings. The number of nitrogens with one attached hydrogen (secondary N) is 2. The fourth-order valence-corrected chi connectivity index (χ4v) is 0.489. The lowest BCUT2D eigenvalue weighted by Gasteiger charge is -2.13. The smallest absolute Gasteiger partial charge is 0.421 e. The molecule has 0 aliphatic carbocycles. The van der Waals surface area contributed by atoms with Crippen molar-refractivity contribution in [1.29, 1.82) is 0 Å². The first kappa shape index (κ1) is 10.2. The topological polar surface area (TPSA) is 70.6 Å². The van der Waals surface area contributed by atoms with Crippen LogP contribution in [0.5, 0.6) is 0 Å². The highest BCUT2D eigenvalue weighted by atomic mass is 16.5. The molecule has 1 unspecified atom stereocenters. The number of aliphatic hydroxyl groups excluding tert-OH is 1. The highest BCUT2D eigenvalue weighted by molar-refractivity contribution is 5.66. The number of amides is 1. The third-order valence-electron chi connectivity index (χ3n) is 1.28. The zero-order valence-electron chi connectivity index (χ0n) is 6.76. The molecule has 5 nitrogen and oxygen atoms in total. The molecule has 0 spiro atoms. The Balaban J connectivity index is 3.42. The molecule has 0 aliphatic heterocycles. The molecule has 0 saturated heterocycles. The third kappa shape index (κ3) is 4.58. The first-order valence-electron chi connectivity index (χ1n) is 3.45. The van der Waals surface area contributed by atoms with Crippen LogP contribution in [0.15, 0.2) is 0 Å². The summed E-state index contributed by atoms with van der Waals surface area (Å²) in [4.78, 5) is 10.5. The second-order valence-corrected chi connectivity index (χ2v) is 2.05. The van der Waals surface area contributed by atoms with Crippen molar-refractivity contribution in [3.63, 3.8) is 0 Å². The molecule has 0 heterocycles. The average molecular weight is 162 g/mol. The minimum Gasteiger partial charge on any atom is -0.452 e. The first-order chi connectivity index (χ1) is 5.24. The van der Waals surface area contributed by atoms with Gasteiger partial charge in [-0.3, -0.25) is 5.43 Å². The largest absolute Gasteiger partial charge is 0.452 e. The number of rotatable bonds is 4. The van der Waals surface area contributed by atoms with Crippen LogP contribution in [0.1, 0.15) is 13.3 Å². The van der Waals surface area contributed by atoms with Gasteiger partial charge >= 0.3 is 6.09 Å². The monoisotopic (exact) mass is 162 g/mol. The van der Waals surface area contributed by atoms with Crippen molar-refractivity contribution >= 4 is 6.09 Å². The number of hydrogen-bond acceptors (Lipinski definition) is 4. The van der Waals surface area contributed by atoms with Crippen molar-refractivity contribution in [2.75, 3.05) is 13.7 Å². The Morgan fingerprint density at radius 1 is 1.73 bits per heavy atom. The summed E-state index contributed by atoms with van der Waals surface area (Å²) in [6.45, 7) is 1.88. The fourth-order valence-electron chi connectivity index (χ4n) is 0.489. The molecule has 0 radical (unpaired) electrons. The maximum Gasteiger partial charge on any atom is 0.421 e. The maximum atomic E-state index is 10.5. The van der Waals surface area contributed by atoms with E-state index >= 15 is 0 Å². The van der Waals surface area contributed by atoms with Gasteiger partial charge in [-0.05, 0) is 6.42 Å². The van der Waals surface area contributed by atoms with Crippen LogP contribution in [-0.2, 0) is 4.74 Å². The average Bonchev–Trinajstić information content (AvgIpc) is 2.06. The molecule has 0 aromatic carbocycles. The van der Waals surface area contributed by atoms with E-state index in [1.807, 2.05) is 6.92 Å². The Morgan fingerprint density at radius 2 is 2.36 bits per heavy atom. The summed E-state index contributed by atoms with van der Waals surface area (Å²) in [5, 5.41) is 8.66. The summed E-state index contributed by atoms with van der Waals surface area (Å²) in [5.74, 6) is 0. The summed E-state index contributed by atoms with van der Waals surface area (Å²) in [6.07, 6.45) is 0.178. The van der Waals surface area contributed by atoms with Crippen molar-refractivity contribution in [2.45, 2.75) is 19.4 Å². The maximum absolute atomic E-state index is 10.5. The number of hydrogen-bond donors (Lipinski definition) is 3. The molecule has 0 saturated carbocycles. The lowest BCUT2D eigenvalue weighted by molar-refractivity contribution is 0.157. The van der Waals surface area contributed by atoms with E-state index in [4.69, 9.17) is 5.11 Å². The Bertz CT molecular complexity index is 114. The van der Waals surface area contributed by atoms with Crippen molar-refractivity contribution < 1.29 is 14.6 Å². The fraction of sp³-hybridized carbons (Fsp3) is 0.833. The van der Waals surface area contributed by atoms with E-state index in [9.17, 15) is 4.79 Å². The van der Waals surface area contributed by atoms with Crippen LogP contribution in [0.4, 0.5) is 4.79 Å². The molecule has 3 N–H and O–H groups in total. The van der Waals surface area contributed by atoms with Gasteiger partial charge in [0.05, 0.1) is 13.7 Å². The van der Waals surface area contributed by atoms with Crippen LogP contribution in [0.3, 0.4) is 0 Å². The summed E-state index contributed by atoms with van der Waals surface area (Å²) in [5.41, 5.74) is 4.86. The molecular formula is C6H14N2O3. The van der Waals surface area contributed by atoms with Crippen molar-refractivity contribution in [3.8, 4) is 0 Å². The highest BCUT2D eigenvalue weighted by Crippen LogP contribution is 1.85. The van der Waals surface area contributed by atoms with E-state index in [0.29, 0.717) is 0 Å². The zero-order valence-corrected chi connectivity index (χ0v) is 6.76. The lowest BCUT2D eigenvalue weighted by Crippen LogP contribution is -2.45. The second-order valence-electron chi connectivity index (χ2n) is 2.05. The number of hydrazine groups is 1. The molecule has 0 aliphatic rings. The lowest BCUT2D eigenvalue weighted by atomic mass is 10.3. The predicted octanol–water partition coefficient (Wildman–Crippen LogP) is -0.382. The quantitative estimate of drug-likeness (QED) is 0.493. The number of ether oxygens (including phenoxy) is 1. The summed E-state index contributed by atoms with van der Waals surface area (Å²) in [6, 6.07) is -0.117. The molecule has 66 valence electrons. The standard InChI is InChI=1S/C6H14N2O3/c1-3-5(4-9)7-8-6(10)11-2/h5,7,9H,3-4H2,1-2H3,(H,8,10). The normalized spacial score (nSPS) is 12.3. The number of carbonyl (C=O) groups excluding carboxylic acids is 1. The SMILES string of the molecule is CCC(CO)NNC(=O)OC. The molecule has 11 heavy (non-hydrogen) atoms. The minimum atomic E-state index is -0.558. The Labute approximate surface area is 65.7 Å². The minimum absolute atomic E-state index is 0.0134. The van der Waals surface area contributed by atoms with Crippen molar-refractivity contribution in [3.05, 3.63) is 0 Å². The van der Waals surface area contributed by atoms with Crippen LogP contribution in [0.25, 0.3) is 0 Å². The molecule has 5 heteroatoms. The Morgan fingerprint density at radius 3 is 2.73 bits per heavy atom. The number of aliphatic hydroxyl groups is 1. The Hall–Kier alpha value is -0.810. The van der Waals surface area contributed by atoms with Crippen molar-refractivity contribution in [2.24, 2.45) is 0 Å². The van der Waals surface area contributed by atoms with Gasteiger partial charge in [0.25, 0.3) is 0 Å². The molecule has 1 amide bonds.